The van der Waals surface area contributed by atoms with Crippen LogP contribution < -0.4 is 0 Å². The quantitative estimate of drug-likeness (QED) is 0.396. The molecule has 0 unspecified atom stereocenters. The van der Waals surface area contributed by atoms with Crippen molar-refractivity contribution in [1.82, 2.24) is 0 Å². The van der Waals surface area contributed by atoms with Crippen LogP contribution in [0.5, 0.6) is 0 Å². The second-order valence-corrected chi connectivity index (χ2v) is 1.00. The van der Waals surface area contributed by atoms with Crippen LogP contribution in [0.15, 0.2) is 18.2 Å². The number of rotatable bonds is 0. The molecule has 1 aliphatic rings. The molecule has 0 saturated heterocycles. The number of hydrogen-bond acceptors (Lipinski definition) is 0. The Morgan fingerprint density at radius 3 is 2.29 bits per heavy atom. The maximum absolute atomic E-state index is 2.99. The summed E-state index contributed by atoms with van der Waals surface area (Å²) in [6.07, 6.45) is 10.0. The van der Waals surface area contributed by atoms with Gasteiger partial charge in [0.05, 0.1) is 0 Å². The van der Waals surface area contributed by atoms with Gasteiger partial charge in [0.25, 0.3) is 0 Å². The summed E-state index contributed by atoms with van der Waals surface area (Å²) in [7, 11) is 0. The first kappa shape index (κ1) is 10.2. The Hall–Kier alpha value is 0.103. The number of allylic oxidation sites excluding steroid dienone is 4. The molecule has 0 fully saturated rings. The summed E-state index contributed by atoms with van der Waals surface area (Å²) in [5, 5.41) is 0. The second-order valence-electron chi connectivity index (χ2n) is 1.00. The third kappa shape index (κ3) is 3.95. The third-order valence-electron chi connectivity index (χ3n) is 0.586. The van der Waals surface area contributed by atoms with E-state index in [2.05, 4.69) is 12.2 Å². The number of hydrogen-bond donors (Lipinski definition) is 0. The van der Waals surface area contributed by atoms with Crippen molar-refractivity contribution in [3.8, 4) is 0 Å². The molecule has 1 radical (unpaired) electrons. The van der Waals surface area contributed by atoms with Gasteiger partial charge in [-0.2, -0.15) is 6.08 Å². The summed E-state index contributed by atoms with van der Waals surface area (Å²) in [5.41, 5.74) is 0. The van der Waals surface area contributed by atoms with Crippen LogP contribution in [0.4, 0.5) is 0 Å². The molecule has 0 spiro atoms. The van der Waals surface area contributed by atoms with Crippen molar-refractivity contribution in [2.75, 3.05) is 0 Å². The molecule has 1 heteroatoms. The summed E-state index contributed by atoms with van der Waals surface area (Å²) in [6, 6.07) is 0. The first-order valence-electron chi connectivity index (χ1n) is 1.72. The normalized spacial score (nSPS) is 12.6. The van der Waals surface area contributed by atoms with Gasteiger partial charge in [-0.1, -0.05) is 0 Å². The molecule has 0 nitrogen and oxygen atoms in total. The largest absolute Gasteiger partial charge is 2.00 e. The van der Waals surface area contributed by atoms with Gasteiger partial charge >= 0.3 is 19.5 Å². The van der Waals surface area contributed by atoms with Crippen LogP contribution in [-0.2, 0) is 19.5 Å². The van der Waals surface area contributed by atoms with Crippen LogP contribution >= 0.6 is 0 Å². The van der Waals surface area contributed by atoms with Gasteiger partial charge in [0.15, 0.2) is 0 Å². The van der Waals surface area contributed by atoms with Gasteiger partial charge in [-0.3, -0.25) is 6.08 Å². The van der Waals surface area contributed by atoms with E-state index in [1.54, 1.807) is 0 Å². The Balaban J connectivity index is 0. The molecule has 0 saturated carbocycles. The van der Waals surface area contributed by atoms with Crippen molar-refractivity contribution < 1.29 is 19.5 Å². The van der Waals surface area contributed by atoms with E-state index in [1.165, 1.54) is 0 Å². The maximum atomic E-state index is 2.99. The van der Waals surface area contributed by atoms with E-state index in [9.17, 15) is 0 Å². The van der Waals surface area contributed by atoms with Crippen molar-refractivity contribution in [1.29, 1.82) is 0 Å². The van der Waals surface area contributed by atoms with Crippen LogP contribution in [0.2, 0.25) is 0 Å². The molecule has 0 aromatic heterocycles. The van der Waals surface area contributed by atoms with Crippen LogP contribution in [0.25, 0.3) is 0 Å². The minimum Gasteiger partial charge on any atom is -0.358 e. The SMILES string of the molecule is [C-]1=CC=CC1.[CH3-].[Rh+2]. The van der Waals surface area contributed by atoms with Gasteiger partial charge in [-0.25, -0.2) is 12.2 Å². The standard InChI is InChI=1S/C5H5.CH3.Rh/c1-2-4-5-3-1;;/h1-3H,4H2;1H3;/q2*-1;+2. The summed E-state index contributed by atoms with van der Waals surface area (Å²) >= 11 is 0. The molecule has 7 heavy (non-hydrogen) atoms. The zero-order valence-corrected chi connectivity index (χ0v) is 5.91. The third-order valence-corrected chi connectivity index (χ3v) is 0.586. The van der Waals surface area contributed by atoms with Crippen molar-refractivity contribution in [2.45, 2.75) is 6.42 Å². The van der Waals surface area contributed by atoms with Gasteiger partial charge in [-0.05, 0) is 0 Å². The average molecular weight is 183 g/mol. The smallest absolute Gasteiger partial charge is 0.358 e. The van der Waals surface area contributed by atoms with E-state index < -0.39 is 0 Å². The molecule has 0 aromatic carbocycles. The minimum absolute atomic E-state index is 0. The molecule has 0 heterocycles. The molecular weight excluding hydrogens is 175 g/mol. The van der Waals surface area contributed by atoms with Crippen LogP contribution in [-0.4, -0.2) is 0 Å². The van der Waals surface area contributed by atoms with Gasteiger partial charge in [-0.15, -0.1) is 6.42 Å². The van der Waals surface area contributed by atoms with Crippen molar-refractivity contribution in [3.05, 3.63) is 31.7 Å². The molecule has 0 amide bonds. The zero-order valence-electron chi connectivity index (χ0n) is 4.27. The molecule has 1 rings (SSSR count). The molecular formula is C6H8Rh. The summed E-state index contributed by atoms with van der Waals surface area (Å²) in [5.74, 6) is 0. The van der Waals surface area contributed by atoms with E-state index in [0.717, 1.165) is 6.42 Å². The summed E-state index contributed by atoms with van der Waals surface area (Å²) in [4.78, 5) is 0. The van der Waals surface area contributed by atoms with E-state index >= 15 is 0 Å². The topological polar surface area (TPSA) is 0 Å². The van der Waals surface area contributed by atoms with Crippen LogP contribution in [0.3, 0.4) is 0 Å². The maximum Gasteiger partial charge on any atom is 2.00 e. The predicted molar refractivity (Wildman–Crippen MR) is 28.0 cm³/mol. The molecule has 1 aliphatic carbocycles. The molecule has 0 atom stereocenters. The Morgan fingerprint density at radius 1 is 1.43 bits per heavy atom. The van der Waals surface area contributed by atoms with Gasteiger partial charge < -0.3 is 7.43 Å². The Kier molecular flexibility index (Phi) is 8.86. The van der Waals surface area contributed by atoms with Crippen molar-refractivity contribution in [2.24, 2.45) is 0 Å². The van der Waals surface area contributed by atoms with Crippen molar-refractivity contribution in [3.63, 3.8) is 0 Å². The van der Waals surface area contributed by atoms with Crippen LogP contribution in [0, 0.1) is 13.5 Å². The van der Waals surface area contributed by atoms with E-state index in [-0.39, 0.29) is 26.9 Å². The van der Waals surface area contributed by atoms with E-state index in [1.807, 2.05) is 12.2 Å². The zero-order chi connectivity index (χ0) is 3.54. The Bertz CT molecular complexity index is 62.2. The summed E-state index contributed by atoms with van der Waals surface area (Å²) in [6.45, 7) is 0. The molecule has 0 bridgehead atoms. The predicted octanol–water partition coefficient (Wildman–Crippen LogP) is 1.75. The fourth-order valence-electron chi connectivity index (χ4n) is 0.340. The second kappa shape index (κ2) is 6.10. The molecule has 0 aliphatic heterocycles. The Labute approximate surface area is 58.1 Å². The first-order valence-corrected chi connectivity index (χ1v) is 1.72. The van der Waals surface area contributed by atoms with Crippen LogP contribution in [0.1, 0.15) is 6.42 Å². The average Bonchev–Trinajstić information content (AvgIpc) is 1.76. The molecule has 41 valence electrons. The fraction of sp³-hybridized carbons (Fsp3) is 0.167. The van der Waals surface area contributed by atoms with Crippen molar-refractivity contribution >= 4 is 0 Å². The Morgan fingerprint density at radius 2 is 2.14 bits per heavy atom. The minimum atomic E-state index is 0. The van der Waals surface area contributed by atoms with E-state index in [4.69, 9.17) is 0 Å². The molecule has 0 N–H and O–H groups in total. The monoisotopic (exact) mass is 183 g/mol. The van der Waals surface area contributed by atoms with E-state index in [0.29, 0.717) is 0 Å². The van der Waals surface area contributed by atoms with Gasteiger partial charge in [0, 0.05) is 0 Å². The fourth-order valence-corrected chi connectivity index (χ4v) is 0.340. The van der Waals surface area contributed by atoms with Gasteiger partial charge in [0.2, 0.25) is 0 Å². The summed E-state index contributed by atoms with van der Waals surface area (Å²) < 4.78 is 0. The first-order chi connectivity index (χ1) is 2.50. The molecule has 0 aromatic rings. The van der Waals surface area contributed by atoms with Gasteiger partial charge in [0.1, 0.15) is 0 Å².